The van der Waals surface area contributed by atoms with Gasteiger partial charge in [-0.05, 0) is 35.4 Å². The monoisotopic (exact) mass is 406 g/mol. The number of hydrogen-bond acceptors (Lipinski definition) is 2. The van der Waals surface area contributed by atoms with Gasteiger partial charge in [0.15, 0.2) is 0 Å². The van der Waals surface area contributed by atoms with Crippen molar-refractivity contribution in [2.75, 3.05) is 0 Å². The second-order valence-electron chi connectivity index (χ2n) is 4.64. The lowest BCUT2D eigenvalue weighted by Gasteiger charge is -2.08. The van der Waals surface area contributed by atoms with Crippen LogP contribution in [0.15, 0.2) is 63.7 Å². The Balaban J connectivity index is 1.87. The molecule has 3 aromatic rings. The van der Waals surface area contributed by atoms with E-state index in [-0.39, 0.29) is 0 Å². The molecule has 0 amide bonds. The highest BCUT2D eigenvalue weighted by atomic mass is 79.9. The van der Waals surface area contributed by atoms with Crippen molar-refractivity contribution in [1.82, 2.24) is 9.97 Å². The molecule has 0 radical (unpaired) electrons. The number of H-pyrrole nitrogens is 1. The van der Waals surface area contributed by atoms with Gasteiger partial charge in [0, 0.05) is 8.95 Å². The van der Waals surface area contributed by atoms with Crippen molar-refractivity contribution < 1.29 is 5.11 Å². The van der Waals surface area contributed by atoms with Crippen LogP contribution in [0.5, 0.6) is 0 Å². The predicted octanol–water partition coefficient (Wildman–Crippen LogP) is 4.68. The molecule has 3 nitrogen and oxygen atoms in total. The van der Waals surface area contributed by atoms with Crippen LogP contribution in [-0.4, -0.2) is 15.1 Å². The molecule has 0 unspecified atom stereocenters. The van der Waals surface area contributed by atoms with E-state index in [0.717, 1.165) is 25.8 Å². The normalized spacial score (nSPS) is 12.3. The molecule has 2 aromatic carbocycles. The third-order valence-corrected chi connectivity index (χ3v) is 4.25. The first-order valence-corrected chi connectivity index (χ1v) is 7.96. The topological polar surface area (TPSA) is 48.9 Å². The average molecular weight is 408 g/mol. The molecule has 0 aliphatic rings. The zero-order chi connectivity index (χ0) is 14.8. The van der Waals surface area contributed by atoms with Crippen LogP contribution in [0.1, 0.15) is 17.5 Å². The Morgan fingerprint density at radius 2 is 1.48 bits per heavy atom. The summed E-state index contributed by atoms with van der Waals surface area (Å²) in [6.07, 6.45) is 0.975. The molecule has 0 fully saturated rings. The summed E-state index contributed by atoms with van der Waals surface area (Å²) < 4.78 is 2.01. The number of nitrogens with zero attached hydrogens (tertiary/aromatic N) is 1. The lowest BCUT2D eigenvalue weighted by molar-refractivity contribution is 0.211. The number of nitrogens with one attached hydrogen (secondary N) is 1. The Morgan fingerprint density at radius 3 is 2.10 bits per heavy atom. The summed E-state index contributed by atoms with van der Waals surface area (Å²) >= 11 is 6.80. The number of imidazole rings is 1. The van der Waals surface area contributed by atoms with Crippen LogP contribution in [0.25, 0.3) is 11.3 Å². The highest BCUT2D eigenvalue weighted by Gasteiger charge is 2.14. The molecule has 0 aliphatic carbocycles. The summed E-state index contributed by atoms with van der Waals surface area (Å²) in [6, 6.07) is 15.5. The SMILES string of the molecule is O[C@H](c1ccc(Br)cc1)c1ncc(-c2ccc(Br)cc2)[nH]1. The molecule has 2 N–H and O–H groups in total. The van der Waals surface area contributed by atoms with Crippen molar-refractivity contribution in [2.24, 2.45) is 0 Å². The minimum absolute atomic E-state index is 0.537. The number of aliphatic hydroxyl groups excluding tert-OH is 1. The number of halogens is 2. The maximum absolute atomic E-state index is 10.4. The molecule has 21 heavy (non-hydrogen) atoms. The van der Waals surface area contributed by atoms with Crippen LogP contribution in [0.3, 0.4) is 0 Å². The van der Waals surface area contributed by atoms with Gasteiger partial charge in [-0.3, -0.25) is 0 Å². The Hall–Kier alpha value is -1.43. The Morgan fingerprint density at radius 1 is 0.905 bits per heavy atom. The molecular weight excluding hydrogens is 396 g/mol. The molecular formula is C16H12Br2N2O. The molecule has 0 bridgehead atoms. The molecule has 3 rings (SSSR count). The van der Waals surface area contributed by atoms with Crippen molar-refractivity contribution in [3.05, 3.63) is 75.1 Å². The van der Waals surface area contributed by atoms with Crippen LogP contribution < -0.4 is 0 Å². The fraction of sp³-hybridized carbons (Fsp3) is 0.0625. The van der Waals surface area contributed by atoms with Gasteiger partial charge in [-0.1, -0.05) is 56.1 Å². The van der Waals surface area contributed by atoms with Crippen LogP contribution in [0, 0.1) is 0 Å². The van der Waals surface area contributed by atoms with Gasteiger partial charge in [0.1, 0.15) is 11.9 Å². The number of rotatable bonds is 3. The lowest BCUT2D eigenvalue weighted by Crippen LogP contribution is -2.01. The maximum atomic E-state index is 10.4. The fourth-order valence-electron chi connectivity index (χ4n) is 2.05. The minimum atomic E-state index is -0.762. The van der Waals surface area contributed by atoms with Gasteiger partial charge >= 0.3 is 0 Å². The maximum Gasteiger partial charge on any atom is 0.140 e. The highest BCUT2D eigenvalue weighted by Crippen LogP contribution is 2.25. The number of aromatic amines is 1. The summed E-state index contributed by atoms with van der Waals surface area (Å²) in [6.45, 7) is 0. The van der Waals surface area contributed by atoms with Crippen molar-refractivity contribution in [1.29, 1.82) is 0 Å². The van der Waals surface area contributed by atoms with Gasteiger partial charge in [0.2, 0.25) is 0 Å². The van der Waals surface area contributed by atoms with Crippen molar-refractivity contribution >= 4 is 31.9 Å². The number of hydrogen-bond donors (Lipinski definition) is 2. The van der Waals surface area contributed by atoms with E-state index in [0.29, 0.717) is 5.82 Å². The van der Waals surface area contributed by atoms with Crippen LogP contribution >= 0.6 is 31.9 Å². The van der Waals surface area contributed by atoms with E-state index in [2.05, 4.69) is 41.8 Å². The molecule has 0 spiro atoms. The largest absolute Gasteiger partial charge is 0.380 e. The smallest absolute Gasteiger partial charge is 0.140 e. The van der Waals surface area contributed by atoms with E-state index >= 15 is 0 Å². The first-order chi connectivity index (χ1) is 10.1. The first kappa shape index (κ1) is 14.5. The van der Waals surface area contributed by atoms with Crippen LogP contribution in [0.4, 0.5) is 0 Å². The van der Waals surface area contributed by atoms with Crippen molar-refractivity contribution in [2.45, 2.75) is 6.10 Å². The highest BCUT2D eigenvalue weighted by molar-refractivity contribution is 9.10. The van der Waals surface area contributed by atoms with E-state index in [1.54, 1.807) is 6.20 Å². The van der Waals surface area contributed by atoms with Gasteiger partial charge in [0.05, 0.1) is 11.9 Å². The van der Waals surface area contributed by atoms with Gasteiger partial charge in [0.25, 0.3) is 0 Å². The van der Waals surface area contributed by atoms with Crippen molar-refractivity contribution in [3.8, 4) is 11.3 Å². The summed E-state index contributed by atoms with van der Waals surface area (Å²) in [5.74, 6) is 0.537. The van der Waals surface area contributed by atoms with E-state index in [1.165, 1.54) is 0 Å². The molecule has 106 valence electrons. The summed E-state index contributed by atoms with van der Waals surface area (Å²) in [5.41, 5.74) is 2.71. The second-order valence-corrected chi connectivity index (χ2v) is 6.47. The average Bonchev–Trinajstić information content (AvgIpc) is 2.98. The first-order valence-electron chi connectivity index (χ1n) is 6.38. The van der Waals surface area contributed by atoms with Crippen LogP contribution in [-0.2, 0) is 0 Å². The molecule has 0 aliphatic heterocycles. The summed E-state index contributed by atoms with van der Waals surface area (Å²) in [4.78, 5) is 7.46. The van der Waals surface area contributed by atoms with E-state index in [1.807, 2.05) is 48.5 Å². The van der Waals surface area contributed by atoms with Crippen LogP contribution in [0.2, 0.25) is 0 Å². The van der Waals surface area contributed by atoms with Gasteiger partial charge in [-0.25, -0.2) is 4.98 Å². The molecule has 5 heteroatoms. The Labute approximate surface area is 139 Å². The Bertz CT molecular complexity index is 736. The third kappa shape index (κ3) is 3.26. The Kier molecular flexibility index (Phi) is 4.24. The zero-order valence-corrected chi connectivity index (χ0v) is 14.1. The van der Waals surface area contributed by atoms with Gasteiger partial charge in [-0.2, -0.15) is 0 Å². The van der Waals surface area contributed by atoms with E-state index < -0.39 is 6.10 Å². The molecule has 1 atom stereocenters. The standard InChI is InChI=1S/C16H12Br2N2O/c17-12-5-1-10(2-6-12)14-9-19-16(20-14)15(21)11-3-7-13(18)8-4-11/h1-9,15,21H,(H,19,20)/t15-/m1/s1. The lowest BCUT2D eigenvalue weighted by atomic mass is 10.1. The molecule has 0 saturated heterocycles. The number of benzene rings is 2. The van der Waals surface area contributed by atoms with Crippen molar-refractivity contribution in [3.63, 3.8) is 0 Å². The zero-order valence-electron chi connectivity index (χ0n) is 10.9. The quantitative estimate of drug-likeness (QED) is 0.661. The summed E-state index contributed by atoms with van der Waals surface area (Å²) in [5, 5.41) is 10.4. The third-order valence-electron chi connectivity index (χ3n) is 3.20. The number of aromatic nitrogens is 2. The van der Waals surface area contributed by atoms with Gasteiger partial charge in [-0.15, -0.1) is 0 Å². The fourth-order valence-corrected chi connectivity index (χ4v) is 2.58. The number of aliphatic hydroxyl groups is 1. The molecule has 0 saturated carbocycles. The van der Waals surface area contributed by atoms with Gasteiger partial charge < -0.3 is 10.1 Å². The summed E-state index contributed by atoms with van der Waals surface area (Å²) in [7, 11) is 0. The van der Waals surface area contributed by atoms with E-state index in [9.17, 15) is 5.11 Å². The molecule has 1 aromatic heterocycles. The predicted molar refractivity (Wildman–Crippen MR) is 89.9 cm³/mol. The molecule has 1 heterocycles. The second kappa shape index (κ2) is 6.13. The van der Waals surface area contributed by atoms with E-state index in [4.69, 9.17) is 0 Å². The minimum Gasteiger partial charge on any atom is -0.380 e.